The number of nitrogens with one attached hydrogen (secondary N) is 1. The molecule has 1 heterocycles. The smallest absolute Gasteiger partial charge is 0.336 e. The van der Waals surface area contributed by atoms with Gasteiger partial charge in [-0.1, -0.05) is 51.6 Å². The molecule has 6 heteroatoms. The van der Waals surface area contributed by atoms with Gasteiger partial charge in [-0.05, 0) is 66.8 Å². The van der Waals surface area contributed by atoms with E-state index in [1.54, 1.807) is 18.2 Å². The minimum Gasteiger partial charge on any atom is -0.508 e. The fourth-order valence-electron chi connectivity index (χ4n) is 4.15. The lowest BCUT2D eigenvalue weighted by molar-refractivity contribution is -0.120. The van der Waals surface area contributed by atoms with Crippen molar-refractivity contribution in [2.45, 2.75) is 59.4 Å². The maximum atomic E-state index is 12.2. The van der Waals surface area contributed by atoms with Gasteiger partial charge in [0.25, 0.3) is 0 Å². The van der Waals surface area contributed by atoms with E-state index in [1.165, 1.54) is 13.0 Å². The maximum absolute atomic E-state index is 12.2. The summed E-state index contributed by atoms with van der Waals surface area (Å²) in [5.74, 6) is 0.188. The van der Waals surface area contributed by atoms with E-state index in [-0.39, 0.29) is 28.2 Å². The number of rotatable bonds is 2. The van der Waals surface area contributed by atoms with Gasteiger partial charge in [-0.15, -0.1) is 0 Å². The largest absolute Gasteiger partial charge is 0.508 e. The van der Waals surface area contributed by atoms with Crippen LogP contribution in [0.2, 0.25) is 0 Å². The van der Waals surface area contributed by atoms with Crippen LogP contribution in [0.1, 0.15) is 75.5 Å². The van der Waals surface area contributed by atoms with Gasteiger partial charge in [0.1, 0.15) is 17.2 Å². The molecular weight excluding hydrogens is 466 g/mol. The molecule has 0 aromatic heterocycles. The molecule has 0 spiro atoms. The highest BCUT2D eigenvalue weighted by Gasteiger charge is 2.25. The molecule has 0 unspecified atom stereocenters. The first-order chi connectivity index (χ1) is 17.1. The first-order valence-electron chi connectivity index (χ1n) is 12.1. The van der Waals surface area contributed by atoms with E-state index in [9.17, 15) is 19.8 Å². The summed E-state index contributed by atoms with van der Waals surface area (Å²) >= 11 is 0. The highest BCUT2D eigenvalue weighted by molar-refractivity contribution is 5.98. The molecule has 1 aliphatic heterocycles. The summed E-state index contributed by atoms with van der Waals surface area (Å²) in [5, 5.41) is 24.2. The average molecular weight is 502 g/mol. The lowest BCUT2D eigenvalue weighted by atomic mass is 9.82. The van der Waals surface area contributed by atoms with Gasteiger partial charge in [-0.2, -0.15) is 0 Å². The van der Waals surface area contributed by atoms with Crippen LogP contribution in [0, 0.1) is 0 Å². The fourth-order valence-corrected chi connectivity index (χ4v) is 4.15. The number of phenols is 1. The van der Waals surface area contributed by atoms with Crippen LogP contribution in [0.3, 0.4) is 0 Å². The quantitative estimate of drug-likeness (QED) is 0.356. The Morgan fingerprint density at radius 2 is 1.51 bits per heavy atom. The molecular formula is C31H35NO5. The van der Waals surface area contributed by atoms with Crippen molar-refractivity contribution in [3.63, 3.8) is 0 Å². The molecule has 0 bridgehead atoms. The molecule has 0 aliphatic carbocycles. The van der Waals surface area contributed by atoms with Crippen molar-refractivity contribution in [3.05, 3.63) is 87.3 Å². The summed E-state index contributed by atoms with van der Waals surface area (Å²) in [4.78, 5) is 22.5. The summed E-state index contributed by atoms with van der Waals surface area (Å²) in [6.07, 6.45) is 0. The van der Waals surface area contributed by atoms with Crippen molar-refractivity contribution in [3.8, 4) is 17.2 Å². The standard InChI is InChI=1S/C25H22O4.C6H13NO/c1-14-5-8-18-21(11-14)29-22-13-16(26)7-10-19(22)23(18)17-9-6-15(25(2,3)4)12-20(17)24(27)28;1-5(8)7-6(2,3)4/h5-13,26H,1H2,2-4H3,(H,27,28);1-4H3,(H,7,8). The molecule has 0 atom stereocenters. The summed E-state index contributed by atoms with van der Waals surface area (Å²) < 4.78 is 6.00. The predicted octanol–water partition coefficient (Wildman–Crippen LogP) is 5.07. The molecule has 194 valence electrons. The Balaban J connectivity index is 0.000000414. The third-order valence-corrected chi connectivity index (χ3v) is 5.71. The third-order valence-electron chi connectivity index (χ3n) is 5.71. The molecule has 0 saturated heterocycles. The van der Waals surface area contributed by atoms with Crippen LogP contribution in [-0.4, -0.2) is 27.6 Å². The maximum Gasteiger partial charge on any atom is 0.336 e. The second kappa shape index (κ2) is 10.1. The van der Waals surface area contributed by atoms with Crippen molar-refractivity contribution in [1.29, 1.82) is 0 Å². The Hall–Kier alpha value is -4.06. The topological polar surface area (TPSA) is 95.9 Å². The van der Waals surface area contributed by atoms with Crippen molar-refractivity contribution >= 4 is 24.0 Å². The monoisotopic (exact) mass is 501 g/mol. The zero-order chi connectivity index (χ0) is 27.7. The van der Waals surface area contributed by atoms with Crippen molar-refractivity contribution in [2.24, 2.45) is 0 Å². The molecule has 0 fully saturated rings. The van der Waals surface area contributed by atoms with E-state index in [1.807, 2.05) is 51.1 Å². The molecule has 3 N–H and O–H groups in total. The second-order valence-electron chi connectivity index (χ2n) is 11.2. The van der Waals surface area contributed by atoms with E-state index in [4.69, 9.17) is 4.74 Å². The number of aromatic hydroxyl groups is 1. The number of phenolic OH excluding ortho intramolecular Hbond substituents is 1. The van der Waals surface area contributed by atoms with Gasteiger partial charge >= 0.3 is 5.97 Å². The van der Waals surface area contributed by atoms with E-state index in [0.717, 1.165) is 27.1 Å². The number of carbonyl (C=O) groups is 2. The zero-order valence-electron chi connectivity index (χ0n) is 22.5. The summed E-state index contributed by atoms with van der Waals surface area (Å²) in [6, 6.07) is 16.0. The fraction of sp³-hybridized carbons (Fsp3) is 0.290. The Morgan fingerprint density at radius 3 is 2.05 bits per heavy atom. The van der Waals surface area contributed by atoms with Crippen LogP contribution in [-0.2, 0) is 10.2 Å². The Bertz CT molecular complexity index is 1470. The molecule has 1 amide bonds. The number of carboxylic acid groups (broad SMARTS) is 1. The van der Waals surface area contributed by atoms with Gasteiger partial charge in [0, 0.05) is 34.9 Å². The number of carboxylic acids is 1. The highest BCUT2D eigenvalue weighted by atomic mass is 16.5. The zero-order valence-corrected chi connectivity index (χ0v) is 22.5. The Morgan fingerprint density at radius 1 is 0.865 bits per heavy atom. The summed E-state index contributed by atoms with van der Waals surface area (Å²) in [7, 11) is 0. The number of amides is 1. The van der Waals surface area contributed by atoms with Crippen LogP contribution >= 0.6 is 0 Å². The lowest BCUT2D eigenvalue weighted by Gasteiger charge is -2.24. The first kappa shape index (κ1) is 27.5. The number of hydrogen-bond donors (Lipinski definition) is 3. The summed E-state index contributed by atoms with van der Waals surface area (Å²) in [6.45, 7) is 17.5. The number of benzene rings is 3. The lowest BCUT2D eigenvalue weighted by Crippen LogP contribution is -2.38. The molecule has 0 saturated carbocycles. The van der Waals surface area contributed by atoms with Crippen LogP contribution in [0.5, 0.6) is 17.2 Å². The molecule has 1 aliphatic rings. The first-order valence-corrected chi connectivity index (χ1v) is 12.1. The van der Waals surface area contributed by atoms with Crippen LogP contribution in [0.25, 0.3) is 12.2 Å². The normalized spacial score (nSPS) is 12.4. The second-order valence-corrected chi connectivity index (χ2v) is 11.2. The number of aromatic carboxylic acids is 1. The number of ether oxygens (including phenoxy) is 1. The minimum absolute atomic E-state index is 0.0255. The van der Waals surface area contributed by atoms with Gasteiger partial charge in [0.2, 0.25) is 5.91 Å². The molecule has 4 rings (SSSR count). The summed E-state index contributed by atoms with van der Waals surface area (Å²) in [5.41, 5.74) is 3.04. The minimum atomic E-state index is -0.985. The van der Waals surface area contributed by atoms with Crippen LogP contribution in [0.15, 0.2) is 54.6 Å². The average Bonchev–Trinajstić information content (AvgIpc) is 2.75. The van der Waals surface area contributed by atoms with E-state index >= 15 is 0 Å². The molecule has 3 aromatic rings. The van der Waals surface area contributed by atoms with Gasteiger partial charge in [0.15, 0.2) is 0 Å². The van der Waals surface area contributed by atoms with Crippen molar-refractivity contribution < 1.29 is 24.5 Å². The third kappa shape index (κ3) is 6.58. The van der Waals surface area contributed by atoms with E-state index in [0.29, 0.717) is 17.1 Å². The van der Waals surface area contributed by atoms with E-state index < -0.39 is 5.97 Å². The molecule has 0 radical (unpaired) electrons. The Kier molecular flexibility index (Phi) is 7.54. The number of fused-ring (bicyclic) bond motifs is 2. The van der Waals surface area contributed by atoms with Crippen molar-refractivity contribution in [2.75, 3.05) is 0 Å². The molecule has 37 heavy (non-hydrogen) atoms. The number of hydrogen-bond acceptors (Lipinski definition) is 4. The number of carbonyl (C=O) groups excluding carboxylic acids is 1. The Labute approximate surface area is 217 Å². The van der Waals surface area contributed by atoms with Crippen LogP contribution < -0.4 is 20.5 Å². The highest BCUT2D eigenvalue weighted by Crippen LogP contribution is 2.39. The van der Waals surface area contributed by atoms with E-state index in [2.05, 4.69) is 32.7 Å². The van der Waals surface area contributed by atoms with Gasteiger partial charge in [0.05, 0.1) is 5.56 Å². The van der Waals surface area contributed by atoms with Gasteiger partial charge in [-0.3, -0.25) is 4.79 Å². The SMILES string of the molecule is C=c1ccc2c(c1)Oc1cc(O)ccc1C=2c1ccc(C(C)(C)C)cc1C(=O)O.CC(=O)NC(C)(C)C. The van der Waals surface area contributed by atoms with Crippen LogP contribution in [0.4, 0.5) is 0 Å². The molecule has 3 aromatic carbocycles. The molecule has 6 nitrogen and oxygen atoms in total. The van der Waals surface area contributed by atoms with Gasteiger partial charge in [-0.25, -0.2) is 4.79 Å². The van der Waals surface area contributed by atoms with Crippen molar-refractivity contribution in [1.82, 2.24) is 5.32 Å². The van der Waals surface area contributed by atoms with Gasteiger partial charge < -0.3 is 20.3 Å². The predicted molar refractivity (Wildman–Crippen MR) is 147 cm³/mol.